The Hall–Kier alpha value is -2.56. The maximum Gasteiger partial charge on any atom is 0.0858 e. The Morgan fingerprint density at radius 1 is 0.708 bits per heavy atom. The molecule has 2 rings (SSSR count). The number of azo groups is 2. The Morgan fingerprint density at radius 3 is 1.71 bits per heavy atom. The van der Waals surface area contributed by atoms with Gasteiger partial charge in [0, 0.05) is 19.8 Å². The van der Waals surface area contributed by atoms with E-state index in [9.17, 15) is 0 Å². The van der Waals surface area contributed by atoms with Crippen LogP contribution in [-0.4, -0.2) is 20.6 Å². The quantitative estimate of drug-likeness (QED) is 0.407. The molecule has 0 aliphatic rings. The minimum Gasteiger partial charge on any atom is -0.378 e. The maximum absolute atomic E-state index is 4.25. The summed E-state index contributed by atoms with van der Waals surface area (Å²) >= 11 is 0. The van der Waals surface area contributed by atoms with Crippen molar-refractivity contribution in [2.24, 2.45) is 20.5 Å². The van der Waals surface area contributed by atoms with E-state index >= 15 is 0 Å². The average molecular weight is 323 g/mol. The van der Waals surface area contributed by atoms with Crippen LogP contribution in [0, 0.1) is 0 Å². The van der Waals surface area contributed by atoms with Crippen molar-refractivity contribution in [3.8, 4) is 0 Å². The number of anilines is 1. The van der Waals surface area contributed by atoms with Crippen molar-refractivity contribution in [3.63, 3.8) is 0 Å². The smallest absolute Gasteiger partial charge is 0.0858 e. The molecular weight excluding hydrogens is 298 g/mol. The molecule has 0 fully saturated rings. The zero-order valence-corrected chi connectivity index (χ0v) is 14.7. The highest BCUT2D eigenvalue weighted by atomic mass is 15.1. The topological polar surface area (TPSA) is 52.7 Å². The number of nitrogens with zero attached hydrogens (tertiary/aromatic N) is 5. The third-order valence-corrected chi connectivity index (χ3v) is 3.54. The van der Waals surface area contributed by atoms with Gasteiger partial charge in [0.1, 0.15) is 0 Å². The molecule has 0 bridgehead atoms. The molecule has 0 aromatic heterocycles. The fourth-order valence-corrected chi connectivity index (χ4v) is 2.08. The van der Waals surface area contributed by atoms with E-state index in [1.807, 2.05) is 62.6 Å². The van der Waals surface area contributed by atoms with Gasteiger partial charge in [0.25, 0.3) is 0 Å². The molecule has 24 heavy (non-hydrogen) atoms. The summed E-state index contributed by atoms with van der Waals surface area (Å²) in [5.41, 5.74) is 3.63. The summed E-state index contributed by atoms with van der Waals surface area (Å²) in [5.74, 6) is 0. The lowest BCUT2D eigenvalue weighted by Gasteiger charge is -2.11. The van der Waals surface area contributed by atoms with Crippen LogP contribution in [0.15, 0.2) is 69.0 Å². The molecule has 0 aliphatic carbocycles. The van der Waals surface area contributed by atoms with Crippen LogP contribution >= 0.6 is 0 Å². The molecule has 0 amide bonds. The molecule has 0 unspecified atom stereocenters. The fourth-order valence-electron chi connectivity index (χ4n) is 2.08. The van der Waals surface area contributed by atoms with E-state index in [-0.39, 0.29) is 0 Å². The van der Waals surface area contributed by atoms with Crippen molar-refractivity contribution in [3.05, 3.63) is 48.5 Å². The monoisotopic (exact) mass is 323 g/mol. The Bertz CT molecular complexity index is 657. The van der Waals surface area contributed by atoms with Gasteiger partial charge in [-0.1, -0.05) is 19.8 Å². The minimum absolute atomic E-state index is 0.790. The number of benzene rings is 2. The molecule has 0 N–H and O–H groups in total. The molecule has 0 atom stereocenters. The van der Waals surface area contributed by atoms with Crippen molar-refractivity contribution in [1.82, 2.24) is 0 Å². The average Bonchev–Trinajstić information content (AvgIpc) is 2.61. The first kappa shape index (κ1) is 17.8. The van der Waals surface area contributed by atoms with E-state index in [4.69, 9.17) is 0 Å². The van der Waals surface area contributed by atoms with Gasteiger partial charge in [0.2, 0.25) is 0 Å². The third kappa shape index (κ3) is 5.91. The standard InChI is InChI=1S/C19H25N5/c1-4-5-6-15-20-21-16-7-9-17(10-8-16)22-23-18-11-13-19(14-12-18)24(2)3/h7-14H,4-6,15H2,1-3H3. The van der Waals surface area contributed by atoms with E-state index in [0.29, 0.717) is 0 Å². The highest BCUT2D eigenvalue weighted by molar-refractivity contribution is 5.52. The molecule has 5 heteroatoms. The van der Waals surface area contributed by atoms with Gasteiger partial charge < -0.3 is 4.90 Å². The van der Waals surface area contributed by atoms with Crippen LogP contribution in [0.1, 0.15) is 26.2 Å². The fraction of sp³-hybridized carbons (Fsp3) is 0.368. The molecule has 5 nitrogen and oxygen atoms in total. The second-order valence-corrected chi connectivity index (χ2v) is 5.80. The van der Waals surface area contributed by atoms with Gasteiger partial charge in [0.05, 0.1) is 23.6 Å². The molecule has 2 aromatic carbocycles. The van der Waals surface area contributed by atoms with Gasteiger partial charge in [0.15, 0.2) is 0 Å². The number of hydrogen-bond donors (Lipinski definition) is 0. The van der Waals surface area contributed by atoms with Crippen molar-refractivity contribution < 1.29 is 0 Å². The van der Waals surface area contributed by atoms with Gasteiger partial charge >= 0.3 is 0 Å². The third-order valence-electron chi connectivity index (χ3n) is 3.54. The van der Waals surface area contributed by atoms with Crippen molar-refractivity contribution >= 4 is 22.7 Å². The second kappa shape index (κ2) is 9.55. The molecule has 126 valence electrons. The molecule has 0 saturated carbocycles. The maximum atomic E-state index is 4.25. The summed E-state index contributed by atoms with van der Waals surface area (Å²) in [6, 6.07) is 15.6. The van der Waals surface area contributed by atoms with E-state index in [1.54, 1.807) is 0 Å². The van der Waals surface area contributed by atoms with Crippen molar-refractivity contribution in [2.75, 3.05) is 25.5 Å². The zero-order valence-electron chi connectivity index (χ0n) is 14.7. The van der Waals surface area contributed by atoms with E-state index in [0.717, 1.165) is 35.7 Å². The van der Waals surface area contributed by atoms with Crippen LogP contribution < -0.4 is 4.90 Å². The Morgan fingerprint density at radius 2 is 1.21 bits per heavy atom. The molecule has 0 heterocycles. The molecule has 2 aromatic rings. The Labute approximate surface area is 144 Å². The van der Waals surface area contributed by atoms with E-state index in [1.165, 1.54) is 12.8 Å². The zero-order chi connectivity index (χ0) is 17.2. The first-order valence-corrected chi connectivity index (χ1v) is 8.35. The minimum atomic E-state index is 0.790. The summed E-state index contributed by atoms with van der Waals surface area (Å²) in [4.78, 5) is 2.05. The van der Waals surface area contributed by atoms with Gasteiger partial charge in [-0.3, -0.25) is 0 Å². The Balaban J connectivity index is 1.91. The molecule has 0 radical (unpaired) electrons. The van der Waals surface area contributed by atoms with Crippen LogP contribution in [-0.2, 0) is 0 Å². The summed E-state index contributed by atoms with van der Waals surface area (Å²) < 4.78 is 0. The second-order valence-electron chi connectivity index (χ2n) is 5.80. The van der Waals surface area contributed by atoms with Crippen molar-refractivity contribution in [2.45, 2.75) is 26.2 Å². The van der Waals surface area contributed by atoms with Crippen molar-refractivity contribution in [1.29, 1.82) is 0 Å². The predicted octanol–water partition coefficient (Wildman–Crippen LogP) is 6.44. The highest BCUT2D eigenvalue weighted by Gasteiger charge is 1.96. The Kier molecular flexibility index (Phi) is 7.08. The normalized spacial score (nSPS) is 11.5. The first-order valence-electron chi connectivity index (χ1n) is 8.35. The van der Waals surface area contributed by atoms with Crippen LogP contribution in [0.25, 0.3) is 0 Å². The van der Waals surface area contributed by atoms with E-state index < -0.39 is 0 Å². The first-order chi connectivity index (χ1) is 11.7. The van der Waals surface area contributed by atoms with Crippen LogP contribution in [0.2, 0.25) is 0 Å². The van der Waals surface area contributed by atoms with Crippen LogP contribution in [0.4, 0.5) is 22.7 Å². The molecular formula is C19H25N5. The van der Waals surface area contributed by atoms with Gasteiger partial charge in [-0.15, -0.1) is 0 Å². The highest BCUT2D eigenvalue weighted by Crippen LogP contribution is 2.23. The largest absolute Gasteiger partial charge is 0.378 e. The number of hydrogen-bond acceptors (Lipinski definition) is 5. The predicted molar refractivity (Wildman–Crippen MR) is 100 cm³/mol. The summed E-state index contributed by atoms with van der Waals surface area (Å²) in [7, 11) is 4.03. The summed E-state index contributed by atoms with van der Waals surface area (Å²) in [6.45, 7) is 2.97. The van der Waals surface area contributed by atoms with E-state index in [2.05, 4.69) is 32.3 Å². The summed E-state index contributed by atoms with van der Waals surface area (Å²) in [5, 5.41) is 16.9. The molecule has 0 aliphatic heterocycles. The van der Waals surface area contributed by atoms with Crippen LogP contribution in [0.5, 0.6) is 0 Å². The molecule has 0 saturated heterocycles. The van der Waals surface area contributed by atoms with Gasteiger partial charge in [-0.2, -0.15) is 20.5 Å². The number of unbranched alkanes of at least 4 members (excludes halogenated alkanes) is 2. The lowest BCUT2D eigenvalue weighted by molar-refractivity contribution is 0.713. The van der Waals surface area contributed by atoms with Gasteiger partial charge in [-0.05, 0) is 55.0 Å². The lowest BCUT2D eigenvalue weighted by Crippen LogP contribution is -2.07. The van der Waals surface area contributed by atoms with Gasteiger partial charge in [-0.25, -0.2) is 0 Å². The van der Waals surface area contributed by atoms with Crippen LogP contribution in [0.3, 0.4) is 0 Å². The summed E-state index contributed by atoms with van der Waals surface area (Å²) in [6.07, 6.45) is 3.50. The lowest BCUT2D eigenvalue weighted by atomic mass is 10.2. The molecule has 0 spiro atoms. The SMILES string of the molecule is CCCCCN=Nc1ccc(N=Nc2ccc(N(C)C)cc2)cc1. The number of rotatable bonds is 8.